The molecule has 88 valence electrons. The molecular weight excluding hydrogens is 222 g/mol. The average molecular weight is 239 g/mol. The van der Waals surface area contributed by atoms with Crippen LogP contribution in [-0.2, 0) is 6.54 Å². The summed E-state index contributed by atoms with van der Waals surface area (Å²) in [6, 6.07) is 2.74. The number of nitrogens with zero attached hydrogens (tertiary/aromatic N) is 1. The normalized spacial score (nSPS) is 15.4. The first-order valence-corrected chi connectivity index (χ1v) is 6.45. The lowest BCUT2D eigenvalue weighted by atomic mass is 10.2. The molecule has 0 bridgehead atoms. The van der Waals surface area contributed by atoms with Crippen LogP contribution in [0.3, 0.4) is 0 Å². The van der Waals surface area contributed by atoms with Crippen molar-refractivity contribution in [3.8, 4) is 0 Å². The van der Waals surface area contributed by atoms with E-state index in [4.69, 9.17) is 5.84 Å². The van der Waals surface area contributed by atoms with Crippen molar-refractivity contribution in [2.45, 2.75) is 32.4 Å². The van der Waals surface area contributed by atoms with E-state index in [0.717, 1.165) is 29.6 Å². The van der Waals surface area contributed by atoms with E-state index in [0.29, 0.717) is 0 Å². The number of nitrogens with two attached hydrogens (primary N) is 1. The molecule has 4 nitrogen and oxygen atoms in total. The molecule has 3 N–H and O–H groups in total. The summed E-state index contributed by atoms with van der Waals surface area (Å²) in [5, 5.41) is 1.95. The molecule has 16 heavy (non-hydrogen) atoms. The van der Waals surface area contributed by atoms with Gasteiger partial charge in [-0.1, -0.05) is 6.92 Å². The van der Waals surface area contributed by atoms with Gasteiger partial charge in [-0.25, -0.2) is 5.84 Å². The quantitative estimate of drug-likeness (QED) is 0.463. The molecule has 1 aliphatic rings. The molecule has 0 aromatic carbocycles. The molecule has 0 aliphatic heterocycles. The first kappa shape index (κ1) is 11.6. The zero-order chi connectivity index (χ0) is 11.5. The lowest BCUT2D eigenvalue weighted by Gasteiger charge is -2.19. The van der Waals surface area contributed by atoms with Gasteiger partial charge in [-0.2, -0.15) is 0 Å². The number of hydrogen-bond donors (Lipinski definition) is 2. The van der Waals surface area contributed by atoms with Crippen molar-refractivity contribution in [1.82, 2.24) is 10.3 Å². The topological polar surface area (TPSA) is 58.4 Å². The van der Waals surface area contributed by atoms with Crippen molar-refractivity contribution in [3.63, 3.8) is 0 Å². The fourth-order valence-electron chi connectivity index (χ4n) is 1.88. The Hall–Kier alpha value is -0.910. The van der Waals surface area contributed by atoms with E-state index >= 15 is 0 Å². The second-order valence-corrected chi connectivity index (χ2v) is 4.96. The van der Waals surface area contributed by atoms with Gasteiger partial charge in [0.2, 0.25) is 0 Å². The summed E-state index contributed by atoms with van der Waals surface area (Å²) in [5.74, 6) is 4.98. The monoisotopic (exact) mass is 239 g/mol. The van der Waals surface area contributed by atoms with Gasteiger partial charge in [0.25, 0.3) is 5.91 Å². The van der Waals surface area contributed by atoms with Crippen LogP contribution in [0.5, 0.6) is 0 Å². The molecule has 1 amide bonds. The highest BCUT2D eigenvalue weighted by Gasteiger charge is 2.28. The predicted octanol–water partition coefficient (Wildman–Crippen LogP) is 1.34. The molecule has 1 fully saturated rings. The smallest absolute Gasteiger partial charge is 0.275 e. The molecule has 2 rings (SSSR count). The van der Waals surface area contributed by atoms with Crippen LogP contribution in [0.25, 0.3) is 0 Å². The Morgan fingerprint density at radius 3 is 3.00 bits per heavy atom. The van der Waals surface area contributed by atoms with Crippen LogP contribution in [-0.4, -0.2) is 23.4 Å². The molecule has 1 aromatic heterocycles. The van der Waals surface area contributed by atoms with Crippen molar-refractivity contribution < 1.29 is 4.79 Å². The number of carbonyl (C=O) groups excluding carboxylic acids is 1. The van der Waals surface area contributed by atoms with Gasteiger partial charge in [-0.3, -0.25) is 15.1 Å². The minimum absolute atomic E-state index is 0.183. The molecular formula is C11H17N3OS. The van der Waals surface area contributed by atoms with Gasteiger partial charge >= 0.3 is 0 Å². The molecule has 0 radical (unpaired) electrons. The second-order valence-electron chi connectivity index (χ2n) is 4.04. The third-order valence-corrected chi connectivity index (χ3v) is 3.88. The van der Waals surface area contributed by atoms with Gasteiger partial charge in [0.15, 0.2) is 0 Å². The Morgan fingerprint density at radius 2 is 2.44 bits per heavy atom. The van der Waals surface area contributed by atoms with Crippen molar-refractivity contribution in [3.05, 3.63) is 21.9 Å². The zero-order valence-corrected chi connectivity index (χ0v) is 10.2. The van der Waals surface area contributed by atoms with E-state index in [9.17, 15) is 4.79 Å². The highest BCUT2D eigenvalue weighted by atomic mass is 32.1. The Kier molecular flexibility index (Phi) is 3.58. The highest BCUT2D eigenvalue weighted by Crippen LogP contribution is 2.29. The van der Waals surface area contributed by atoms with Crippen LogP contribution < -0.4 is 11.3 Å². The number of thiophene rings is 1. The predicted molar refractivity (Wildman–Crippen MR) is 65.1 cm³/mol. The number of rotatable bonds is 5. The van der Waals surface area contributed by atoms with E-state index in [1.165, 1.54) is 24.2 Å². The maximum Gasteiger partial charge on any atom is 0.275 e. The van der Waals surface area contributed by atoms with E-state index in [-0.39, 0.29) is 5.91 Å². The number of hydrazine groups is 1. The Bertz CT molecular complexity index is 373. The first-order chi connectivity index (χ1) is 7.76. The number of nitrogen functional groups attached to an aromatic ring is 1. The van der Waals surface area contributed by atoms with Crippen LogP contribution in [0.2, 0.25) is 0 Å². The summed E-state index contributed by atoms with van der Waals surface area (Å²) in [4.78, 5) is 14.7. The number of amides is 1. The summed E-state index contributed by atoms with van der Waals surface area (Å²) in [6.07, 6.45) is 2.58. The fourth-order valence-corrected chi connectivity index (χ4v) is 2.70. The van der Waals surface area contributed by atoms with E-state index < -0.39 is 0 Å². The molecule has 1 aromatic rings. The lowest BCUT2D eigenvalue weighted by molar-refractivity contribution is 0.0955. The van der Waals surface area contributed by atoms with Gasteiger partial charge in [-0.15, -0.1) is 11.3 Å². The number of nitrogens with one attached hydrogen (secondary N) is 1. The Labute approximate surface area is 99.4 Å². The Morgan fingerprint density at radius 1 is 1.69 bits per heavy atom. The van der Waals surface area contributed by atoms with Crippen LogP contribution >= 0.6 is 11.3 Å². The largest absolute Gasteiger partial charge is 0.296 e. The van der Waals surface area contributed by atoms with Crippen molar-refractivity contribution >= 4 is 17.2 Å². The first-order valence-electron chi connectivity index (χ1n) is 5.57. The van der Waals surface area contributed by atoms with Crippen molar-refractivity contribution in [1.29, 1.82) is 0 Å². The SMILES string of the molecule is CCN(Cc1ccsc1C(=O)NN)C1CC1. The maximum absolute atomic E-state index is 11.5. The van der Waals surface area contributed by atoms with Crippen LogP contribution in [0.4, 0.5) is 0 Å². The maximum atomic E-state index is 11.5. The van der Waals surface area contributed by atoms with E-state index in [1.54, 1.807) is 0 Å². The zero-order valence-electron chi connectivity index (χ0n) is 9.40. The van der Waals surface area contributed by atoms with E-state index in [1.807, 2.05) is 11.4 Å². The van der Waals surface area contributed by atoms with Gasteiger partial charge in [0.1, 0.15) is 0 Å². The summed E-state index contributed by atoms with van der Waals surface area (Å²) in [6.45, 7) is 4.05. The second kappa shape index (κ2) is 4.95. The fraction of sp³-hybridized carbons (Fsp3) is 0.545. The molecule has 5 heteroatoms. The van der Waals surface area contributed by atoms with Crippen molar-refractivity contribution in [2.24, 2.45) is 5.84 Å². The van der Waals surface area contributed by atoms with E-state index in [2.05, 4.69) is 17.2 Å². The molecule has 0 unspecified atom stereocenters. The molecule has 0 atom stereocenters. The average Bonchev–Trinajstić information content (AvgIpc) is 3.04. The molecule has 1 aliphatic carbocycles. The third kappa shape index (κ3) is 2.42. The van der Waals surface area contributed by atoms with Gasteiger partial charge in [0.05, 0.1) is 4.88 Å². The third-order valence-electron chi connectivity index (χ3n) is 2.93. The molecule has 0 spiro atoms. The number of carbonyl (C=O) groups is 1. The summed E-state index contributed by atoms with van der Waals surface area (Å²) >= 11 is 1.45. The molecule has 1 saturated carbocycles. The summed E-state index contributed by atoms with van der Waals surface area (Å²) < 4.78 is 0. The van der Waals surface area contributed by atoms with Crippen LogP contribution in [0.1, 0.15) is 35.0 Å². The number of hydrogen-bond acceptors (Lipinski definition) is 4. The minimum atomic E-state index is -0.183. The standard InChI is InChI=1S/C11H17N3OS/c1-2-14(9-3-4-9)7-8-5-6-16-10(8)11(15)13-12/h5-6,9H,2-4,7,12H2,1H3,(H,13,15). The van der Waals surface area contributed by atoms with Gasteiger partial charge < -0.3 is 0 Å². The Balaban J connectivity index is 2.08. The van der Waals surface area contributed by atoms with Crippen molar-refractivity contribution in [2.75, 3.05) is 6.54 Å². The highest BCUT2D eigenvalue weighted by molar-refractivity contribution is 7.12. The van der Waals surface area contributed by atoms with Gasteiger partial charge in [0, 0.05) is 12.6 Å². The lowest BCUT2D eigenvalue weighted by Crippen LogP contribution is -2.31. The molecule has 0 saturated heterocycles. The minimum Gasteiger partial charge on any atom is -0.296 e. The summed E-state index contributed by atoms with van der Waals surface area (Å²) in [5.41, 5.74) is 3.28. The van der Waals surface area contributed by atoms with Crippen LogP contribution in [0, 0.1) is 0 Å². The molecule has 1 heterocycles. The van der Waals surface area contributed by atoms with Gasteiger partial charge in [-0.05, 0) is 36.4 Å². The van der Waals surface area contributed by atoms with Crippen LogP contribution in [0.15, 0.2) is 11.4 Å². The summed E-state index contributed by atoms with van der Waals surface area (Å²) in [7, 11) is 0.